The van der Waals surface area contributed by atoms with E-state index in [0.29, 0.717) is 34.3 Å². The first-order valence-electron chi connectivity index (χ1n) is 6.84. The fourth-order valence-electron chi connectivity index (χ4n) is 2.47. The molecule has 0 aromatic heterocycles. The predicted molar refractivity (Wildman–Crippen MR) is 83.2 cm³/mol. The van der Waals surface area contributed by atoms with Crippen molar-refractivity contribution in [1.29, 1.82) is 0 Å². The number of halogens is 2. The minimum atomic E-state index is -0.541. The lowest BCUT2D eigenvalue weighted by Gasteiger charge is -2.10. The van der Waals surface area contributed by atoms with Crippen LogP contribution in [-0.2, 0) is 14.3 Å². The zero-order chi connectivity index (χ0) is 15.4. The van der Waals surface area contributed by atoms with Crippen molar-refractivity contribution in [2.45, 2.75) is 31.6 Å². The van der Waals surface area contributed by atoms with E-state index in [-0.39, 0.29) is 18.1 Å². The van der Waals surface area contributed by atoms with Crippen LogP contribution < -0.4 is 5.32 Å². The summed E-state index contributed by atoms with van der Waals surface area (Å²) in [5.74, 6) is -0.707. The van der Waals surface area contributed by atoms with Gasteiger partial charge in [-0.15, -0.1) is 0 Å². The fraction of sp³-hybridized carbons (Fsp3) is 0.467. The molecular weight excluding hydrogens is 313 g/mol. The van der Waals surface area contributed by atoms with Crippen LogP contribution in [-0.4, -0.2) is 25.4 Å². The predicted octanol–water partition coefficient (Wildman–Crippen LogP) is 3.81. The van der Waals surface area contributed by atoms with Crippen LogP contribution in [0.5, 0.6) is 0 Å². The highest BCUT2D eigenvalue weighted by atomic mass is 35.5. The van der Waals surface area contributed by atoms with Gasteiger partial charge in [0.1, 0.15) is 5.78 Å². The van der Waals surface area contributed by atoms with Crippen LogP contribution in [0.15, 0.2) is 12.1 Å². The van der Waals surface area contributed by atoms with E-state index in [0.717, 1.165) is 12.8 Å². The van der Waals surface area contributed by atoms with Crippen molar-refractivity contribution in [3.05, 3.63) is 27.7 Å². The molecule has 1 aromatic carbocycles. The topological polar surface area (TPSA) is 55.4 Å². The van der Waals surface area contributed by atoms with Crippen molar-refractivity contribution in [2.75, 3.05) is 19.0 Å². The summed E-state index contributed by atoms with van der Waals surface area (Å²) in [6.45, 7) is 0.640. The second kappa shape index (κ2) is 7.25. The molecule has 1 heterocycles. The van der Waals surface area contributed by atoms with Crippen LogP contribution in [0, 0.1) is 0 Å². The zero-order valence-electron chi connectivity index (χ0n) is 11.7. The van der Waals surface area contributed by atoms with Crippen molar-refractivity contribution in [2.24, 2.45) is 0 Å². The molecule has 0 radical (unpaired) electrons. The van der Waals surface area contributed by atoms with Crippen molar-refractivity contribution in [1.82, 2.24) is 0 Å². The molecule has 1 N–H and O–H groups in total. The molecule has 4 nitrogen and oxygen atoms in total. The number of ether oxygens (including phenoxy) is 1. The van der Waals surface area contributed by atoms with E-state index in [1.165, 1.54) is 0 Å². The number of benzene rings is 1. The van der Waals surface area contributed by atoms with Gasteiger partial charge in [0.05, 0.1) is 16.6 Å². The smallest absolute Gasteiger partial charge is 0.232 e. The van der Waals surface area contributed by atoms with Crippen LogP contribution in [0.2, 0.25) is 10.0 Å². The standard InChI is InChI=1S/C15H17Cl2NO3/c1-21-7-3-2-4-9(19)8-10-13-11(16)5-6-12(17)14(13)18-15(10)20/h5-6,10H,2-4,7-8H2,1H3,(H,18,20). The number of hydrogen-bond donors (Lipinski definition) is 1. The van der Waals surface area contributed by atoms with E-state index >= 15 is 0 Å². The lowest BCUT2D eigenvalue weighted by Crippen LogP contribution is -2.16. The van der Waals surface area contributed by atoms with E-state index in [1.54, 1.807) is 19.2 Å². The Bertz CT molecular complexity index is 560. The number of carbonyl (C=O) groups is 2. The Morgan fingerprint density at radius 3 is 2.71 bits per heavy atom. The van der Waals surface area contributed by atoms with Crippen molar-refractivity contribution in [3.63, 3.8) is 0 Å². The van der Waals surface area contributed by atoms with Gasteiger partial charge >= 0.3 is 0 Å². The van der Waals surface area contributed by atoms with Gasteiger partial charge in [-0.05, 0) is 25.0 Å². The first-order valence-corrected chi connectivity index (χ1v) is 7.59. The average Bonchev–Trinajstić information content (AvgIpc) is 2.78. The first-order chi connectivity index (χ1) is 10.0. The molecular formula is C15H17Cl2NO3. The maximum atomic E-state index is 12.0. The van der Waals surface area contributed by atoms with Crippen LogP contribution >= 0.6 is 23.2 Å². The Morgan fingerprint density at radius 2 is 2.00 bits per heavy atom. The molecule has 6 heteroatoms. The molecule has 1 amide bonds. The number of Topliss-reactive ketones (excluding diaryl/α,β-unsaturated/α-hetero) is 1. The number of methoxy groups -OCH3 is 1. The van der Waals surface area contributed by atoms with Gasteiger partial charge in [0, 0.05) is 37.1 Å². The fourth-order valence-corrected chi connectivity index (χ4v) is 2.97. The van der Waals surface area contributed by atoms with E-state index < -0.39 is 5.92 Å². The molecule has 1 unspecified atom stereocenters. The highest BCUT2D eigenvalue weighted by molar-refractivity contribution is 6.37. The van der Waals surface area contributed by atoms with Crippen LogP contribution in [0.1, 0.15) is 37.2 Å². The summed E-state index contributed by atoms with van der Waals surface area (Å²) in [6, 6.07) is 3.29. The number of nitrogens with one attached hydrogen (secondary N) is 1. The molecule has 0 aliphatic carbocycles. The maximum Gasteiger partial charge on any atom is 0.232 e. The Hall–Kier alpha value is -1.10. The normalized spacial score (nSPS) is 16.7. The van der Waals surface area contributed by atoms with Crippen molar-refractivity contribution >= 4 is 40.6 Å². The second-order valence-corrected chi connectivity index (χ2v) is 5.87. The van der Waals surface area contributed by atoms with Gasteiger partial charge in [-0.3, -0.25) is 9.59 Å². The Balaban J connectivity index is 2.04. The molecule has 0 saturated heterocycles. The summed E-state index contributed by atoms with van der Waals surface area (Å²) in [5, 5.41) is 3.62. The number of rotatable bonds is 7. The summed E-state index contributed by atoms with van der Waals surface area (Å²) >= 11 is 12.2. The average molecular weight is 330 g/mol. The third-order valence-electron chi connectivity index (χ3n) is 3.54. The monoisotopic (exact) mass is 329 g/mol. The Kier molecular flexibility index (Phi) is 5.62. The number of ketones is 1. The third kappa shape index (κ3) is 3.76. The van der Waals surface area contributed by atoms with Gasteiger partial charge in [-0.1, -0.05) is 23.2 Å². The largest absolute Gasteiger partial charge is 0.385 e. The molecule has 2 rings (SSSR count). The number of amides is 1. The molecule has 1 aliphatic heterocycles. The number of unbranched alkanes of at least 4 members (excludes halogenated alkanes) is 1. The maximum absolute atomic E-state index is 12.0. The van der Waals surface area contributed by atoms with Crippen molar-refractivity contribution in [3.8, 4) is 0 Å². The minimum Gasteiger partial charge on any atom is -0.385 e. The summed E-state index contributed by atoms with van der Waals surface area (Å²) in [5.41, 5.74) is 1.17. The summed E-state index contributed by atoms with van der Waals surface area (Å²) in [4.78, 5) is 24.1. The van der Waals surface area contributed by atoms with E-state index in [9.17, 15) is 9.59 Å². The van der Waals surface area contributed by atoms with Crippen molar-refractivity contribution < 1.29 is 14.3 Å². The van der Waals surface area contributed by atoms with Gasteiger partial charge in [-0.2, -0.15) is 0 Å². The molecule has 1 atom stereocenters. The molecule has 1 aromatic rings. The Morgan fingerprint density at radius 1 is 1.29 bits per heavy atom. The first kappa shape index (κ1) is 16.3. The van der Waals surface area contributed by atoms with E-state index in [4.69, 9.17) is 27.9 Å². The Labute approximate surface area is 133 Å². The van der Waals surface area contributed by atoms with Gasteiger partial charge in [0.2, 0.25) is 5.91 Å². The van der Waals surface area contributed by atoms with Crippen LogP contribution in [0.3, 0.4) is 0 Å². The summed E-state index contributed by atoms with van der Waals surface area (Å²) in [7, 11) is 1.63. The quantitative estimate of drug-likeness (QED) is 0.774. The van der Waals surface area contributed by atoms with Gasteiger partial charge in [0.15, 0.2) is 0 Å². The molecule has 21 heavy (non-hydrogen) atoms. The lowest BCUT2D eigenvalue weighted by atomic mass is 9.93. The SMILES string of the molecule is COCCCCC(=O)CC1C(=O)Nc2c(Cl)ccc(Cl)c21. The molecule has 0 fully saturated rings. The van der Waals surface area contributed by atoms with Gasteiger partial charge in [-0.25, -0.2) is 0 Å². The summed E-state index contributed by atoms with van der Waals surface area (Å²) in [6.07, 6.45) is 2.20. The molecule has 0 spiro atoms. The van der Waals surface area contributed by atoms with Gasteiger partial charge < -0.3 is 10.1 Å². The number of fused-ring (bicyclic) bond motifs is 1. The molecule has 0 bridgehead atoms. The summed E-state index contributed by atoms with van der Waals surface area (Å²) < 4.78 is 4.94. The van der Waals surface area contributed by atoms with Crippen LogP contribution in [0.4, 0.5) is 5.69 Å². The van der Waals surface area contributed by atoms with Gasteiger partial charge in [0.25, 0.3) is 0 Å². The highest BCUT2D eigenvalue weighted by Crippen LogP contribution is 2.43. The molecule has 114 valence electrons. The van der Waals surface area contributed by atoms with Crippen LogP contribution in [0.25, 0.3) is 0 Å². The molecule has 1 aliphatic rings. The number of carbonyl (C=O) groups excluding carboxylic acids is 2. The second-order valence-electron chi connectivity index (χ2n) is 5.05. The molecule has 0 saturated carbocycles. The number of anilines is 1. The lowest BCUT2D eigenvalue weighted by molar-refractivity contribution is -0.123. The third-order valence-corrected chi connectivity index (χ3v) is 4.19. The highest BCUT2D eigenvalue weighted by Gasteiger charge is 2.35. The van der Waals surface area contributed by atoms with E-state index in [1.807, 2.05) is 0 Å². The zero-order valence-corrected chi connectivity index (χ0v) is 13.3. The minimum absolute atomic E-state index is 0.0511. The van der Waals surface area contributed by atoms with E-state index in [2.05, 4.69) is 5.32 Å². The number of hydrogen-bond acceptors (Lipinski definition) is 3.